The average Bonchev–Trinajstić information content (AvgIpc) is 2.24. The van der Waals surface area contributed by atoms with Crippen molar-refractivity contribution in [1.82, 2.24) is 5.32 Å². The van der Waals surface area contributed by atoms with Crippen LogP contribution in [0.15, 0.2) is 18.2 Å². The summed E-state index contributed by atoms with van der Waals surface area (Å²) in [7, 11) is 0. The zero-order valence-electron chi connectivity index (χ0n) is 9.55. The molecule has 3 nitrogen and oxygen atoms in total. The van der Waals surface area contributed by atoms with Crippen LogP contribution in [0.3, 0.4) is 0 Å². The van der Waals surface area contributed by atoms with E-state index < -0.39 is 0 Å². The minimum atomic E-state index is -0.0821. The van der Waals surface area contributed by atoms with Crippen molar-refractivity contribution in [2.45, 2.75) is 26.8 Å². The van der Waals surface area contributed by atoms with Crippen LogP contribution < -0.4 is 10.1 Å². The lowest BCUT2D eigenvalue weighted by Crippen LogP contribution is -2.19. The van der Waals surface area contributed by atoms with Gasteiger partial charge in [-0.05, 0) is 18.6 Å². The zero-order valence-corrected chi connectivity index (χ0v) is 10.3. The summed E-state index contributed by atoms with van der Waals surface area (Å²) in [5, 5.41) is 3.33. The summed E-state index contributed by atoms with van der Waals surface area (Å²) < 4.78 is 5.56. The molecular weight excluding hydrogens is 226 g/mol. The molecule has 1 N–H and O–H groups in total. The van der Waals surface area contributed by atoms with Crippen molar-refractivity contribution < 1.29 is 9.53 Å². The quantitative estimate of drug-likeness (QED) is 0.861. The Balaban J connectivity index is 2.80. The topological polar surface area (TPSA) is 38.3 Å². The van der Waals surface area contributed by atoms with Crippen molar-refractivity contribution in [1.29, 1.82) is 0 Å². The highest BCUT2D eigenvalue weighted by Gasteiger charge is 2.08. The molecule has 1 aromatic rings. The van der Waals surface area contributed by atoms with E-state index in [1.807, 2.05) is 19.1 Å². The highest BCUT2D eigenvalue weighted by atomic mass is 35.5. The van der Waals surface area contributed by atoms with Gasteiger partial charge in [-0.1, -0.05) is 24.6 Å². The van der Waals surface area contributed by atoms with E-state index >= 15 is 0 Å². The smallest absolute Gasteiger partial charge is 0.217 e. The number of carbonyl (C=O) groups is 1. The van der Waals surface area contributed by atoms with Crippen LogP contribution in [-0.4, -0.2) is 12.5 Å². The molecule has 0 saturated heterocycles. The van der Waals surface area contributed by atoms with E-state index in [4.69, 9.17) is 16.3 Å². The van der Waals surface area contributed by atoms with E-state index in [0.29, 0.717) is 18.2 Å². The fourth-order valence-electron chi connectivity index (χ4n) is 1.27. The first kappa shape index (κ1) is 12.8. The van der Waals surface area contributed by atoms with Crippen molar-refractivity contribution in [3.05, 3.63) is 28.8 Å². The molecule has 0 aliphatic rings. The fourth-order valence-corrected chi connectivity index (χ4v) is 1.50. The molecule has 0 atom stereocenters. The Morgan fingerprint density at radius 2 is 2.25 bits per heavy atom. The number of hydrogen-bond acceptors (Lipinski definition) is 2. The second-order valence-electron chi connectivity index (χ2n) is 3.47. The van der Waals surface area contributed by atoms with Gasteiger partial charge in [-0.3, -0.25) is 4.79 Å². The van der Waals surface area contributed by atoms with Crippen molar-refractivity contribution in [3.63, 3.8) is 0 Å². The summed E-state index contributed by atoms with van der Waals surface area (Å²) in [4.78, 5) is 10.9. The first-order valence-electron chi connectivity index (χ1n) is 5.29. The van der Waals surface area contributed by atoms with Gasteiger partial charge >= 0.3 is 0 Å². The SMILES string of the molecule is CCCOc1cccc(Cl)c1CNC(C)=O. The van der Waals surface area contributed by atoms with Crippen molar-refractivity contribution in [2.75, 3.05) is 6.61 Å². The molecule has 16 heavy (non-hydrogen) atoms. The van der Waals surface area contributed by atoms with Gasteiger partial charge in [0.05, 0.1) is 6.61 Å². The maximum Gasteiger partial charge on any atom is 0.217 e. The zero-order chi connectivity index (χ0) is 12.0. The van der Waals surface area contributed by atoms with Crippen LogP contribution in [0.1, 0.15) is 25.8 Å². The third-order valence-electron chi connectivity index (χ3n) is 2.05. The molecule has 0 aliphatic heterocycles. The summed E-state index contributed by atoms with van der Waals surface area (Å²) in [5.41, 5.74) is 0.827. The molecule has 1 aromatic carbocycles. The van der Waals surface area contributed by atoms with E-state index in [-0.39, 0.29) is 5.91 Å². The van der Waals surface area contributed by atoms with Gasteiger partial charge in [0.2, 0.25) is 5.91 Å². The predicted molar refractivity (Wildman–Crippen MR) is 64.8 cm³/mol. The van der Waals surface area contributed by atoms with Gasteiger partial charge in [0.15, 0.2) is 0 Å². The summed E-state index contributed by atoms with van der Waals surface area (Å²) in [6.07, 6.45) is 0.937. The number of ether oxygens (including phenoxy) is 1. The van der Waals surface area contributed by atoms with Crippen LogP contribution in [-0.2, 0) is 11.3 Å². The van der Waals surface area contributed by atoms with Crippen molar-refractivity contribution >= 4 is 17.5 Å². The van der Waals surface area contributed by atoms with Crippen molar-refractivity contribution in [3.8, 4) is 5.75 Å². The first-order valence-corrected chi connectivity index (χ1v) is 5.67. The monoisotopic (exact) mass is 241 g/mol. The second-order valence-corrected chi connectivity index (χ2v) is 3.88. The van der Waals surface area contributed by atoms with E-state index in [2.05, 4.69) is 5.32 Å². The summed E-state index contributed by atoms with van der Waals surface area (Å²) >= 11 is 6.06. The molecule has 0 saturated carbocycles. The average molecular weight is 242 g/mol. The van der Waals surface area contributed by atoms with Gasteiger partial charge in [-0.25, -0.2) is 0 Å². The molecule has 0 bridgehead atoms. The number of nitrogens with one attached hydrogen (secondary N) is 1. The highest BCUT2D eigenvalue weighted by Crippen LogP contribution is 2.26. The molecule has 88 valence electrons. The van der Waals surface area contributed by atoms with E-state index in [1.54, 1.807) is 6.07 Å². The lowest BCUT2D eigenvalue weighted by Gasteiger charge is -2.12. The largest absolute Gasteiger partial charge is 0.493 e. The first-order chi connectivity index (χ1) is 7.65. The number of rotatable bonds is 5. The van der Waals surface area contributed by atoms with E-state index in [9.17, 15) is 4.79 Å². The van der Waals surface area contributed by atoms with Gasteiger partial charge in [0, 0.05) is 24.1 Å². The van der Waals surface area contributed by atoms with Gasteiger partial charge in [-0.2, -0.15) is 0 Å². The molecule has 0 heterocycles. The van der Waals surface area contributed by atoms with Crippen LogP contribution in [0.2, 0.25) is 5.02 Å². The molecule has 0 fully saturated rings. The number of hydrogen-bond donors (Lipinski definition) is 1. The normalized spacial score (nSPS) is 9.94. The standard InChI is InChI=1S/C12H16ClNO2/c1-3-7-16-12-6-4-5-11(13)10(12)8-14-9(2)15/h4-6H,3,7-8H2,1-2H3,(H,14,15). The van der Waals surface area contributed by atoms with Crippen LogP contribution in [0, 0.1) is 0 Å². The Morgan fingerprint density at radius 1 is 1.50 bits per heavy atom. The summed E-state index contributed by atoms with van der Waals surface area (Å²) in [5.74, 6) is 0.657. The second kappa shape index (κ2) is 6.38. The van der Waals surface area contributed by atoms with Gasteiger partial charge in [0.1, 0.15) is 5.75 Å². The van der Waals surface area contributed by atoms with Crippen LogP contribution in [0.4, 0.5) is 0 Å². The van der Waals surface area contributed by atoms with E-state index in [0.717, 1.165) is 17.7 Å². The molecule has 0 radical (unpaired) electrons. The maximum atomic E-state index is 10.9. The molecule has 1 amide bonds. The molecule has 4 heteroatoms. The lowest BCUT2D eigenvalue weighted by molar-refractivity contribution is -0.119. The number of halogens is 1. The lowest BCUT2D eigenvalue weighted by atomic mass is 10.2. The van der Waals surface area contributed by atoms with E-state index in [1.165, 1.54) is 6.92 Å². The fraction of sp³-hybridized carbons (Fsp3) is 0.417. The third kappa shape index (κ3) is 3.74. The summed E-state index contributed by atoms with van der Waals surface area (Å²) in [6, 6.07) is 5.49. The van der Waals surface area contributed by atoms with Crippen LogP contribution in [0.25, 0.3) is 0 Å². The Kier molecular flexibility index (Phi) is 5.12. The predicted octanol–water partition coefficient (Wildman–Crippen LogP) is 2.76. The molecule has 0 aromatic heterocycles. The molecule has 1 rings (SSSR count). The van der Waals surface area contributed by atoms with Crippen LogP contribution >= 0.6 is 11.6 Å². The molecule has 0 unspecified atom stereocenters. The Bertz CT molecular complexity index is 366. The summed E-state index contributed by atoms with van der Waals surface area (Å²) in [6.45, 7) is 4.56. The number of carbonyl (C=O) groups excluding carboxylic acids is 1. The molecule has 0 aliphatic carbocycles. The maximum absolute atomic E-state index is 10.9. The van der Waals surface area contributed by atoms with Gasteiger partial charge in [-0.15, -0.1) is 0 Å². The number of benzene rings is 1. The van der Waals surface area contributed by atoms with Crippen molar-refractivity contribution in [2.24, 2.45) is 0 Å². The molecule has 0 spiro atoms. The van der Waals surface area contributed by atoms with Gasteiger partial charge < -0.3 is 10.1 Å². The Labute approximate surface area is 101 Å². The highest BCUT2D eigenvalue weighted by molar-refractivity contribution is 6.31. The molecular formula is C12H16ClNO2. The minimum Gasteiger partial charge on any atom is -0.493 e. The Morgan fingerprint density at radius 3 is 2.88 bits per heavy atom. The Hall–Kier alpha value is -1.22. The third-order valence-corrected chi connectivity index (χ3v) is 2.41. The van der Waals surface area contributed by atoms with Crippen LogP contribution in [0.5, 0.6) is 5.75 Å². The van der Waals surface area contributed by atoms with Gasteiger partial charge in [0.25, 0.3) is 0 Å². The number of amides is 1. The minimum absolute atomic E-state index is 0.0821.